The van der Waals surface area contributed by atoms with E-state index in [0.717, 1.165) is 5.39 Å². The minimum Gasteiger partial charge on any atom is -0.344 e. The summed E-state index contributed by atoms with van der Waals surface area (Å²) in [6, 6.07) is 10.6. The van der Waals surface area contributed by atoms with Crippen LogP contribution in [0.1, 0.15) is 20.3 Å². The van der Waals surface area contributed by atoms with Crippen molar-refractivity contribution in [1.82, 2.24) is 4.90 Å². The van der Waals surface area contributed by atoms with Crippen LogP contribution in [0.2, 0.25) is 0 Å². The number of nitrogens with two attached hydrogens (primary N) is 1. The van der Waals surface area contributed by atoms with E-state index in [1.54, 1.807) is 30.1 Å². The number of carbonyl (C=O) groups is 1. The fraction of sp³-hybridized carbons (Fsp3) is 0.421. The van der Waals surface area contributed by atoms with Crippen LogP contribution in [-0.2, 0) is 14.8 Å². The SMILES string of the molecule is CC(C)C(N)CCN(C)C(=O)CN1c2cccc3cccc(c23)S1(=O)=O.Cl. The molecule has 0 aromatic heterocycles. The van der Waals surface area contributed by atoms with E-state index in [-0.39, 0.29) is 35.8 Å². The second kappa shape index (κ2) is 8.04. The van der Waals surface area contributed by atoms with Crippen LogP contribution in [-0.4, -0.2) is 45.4 Å². The Morgan fingerprint density at radius 1 is 1.19 bits per heavy atom. The van der Waals surface area contributed by atoms with Crippen molar-refractivity contribution < 1.29 is 13.2 Å². The molecule has 8 heteroatoms. The van der Waals surface area contributed by atoms with Crippen LogP contribution in [0.3, 0.4) is 0 Å². The molecule has 1 amide bonds. The molecule has 0 bridgehead atoms. The third-order valence-electron chi connectivity index (χ3n) is 5.04. The van der Waals surface area contributed by atoms with Crippen LogP contribution in [0.4, 0.5) is 5.69 Å². The Morgan fingerprint density at radius 2 is 1.81 bits per heavy atom. The molecule has 0 radical (unpaired) electrons. The first kappa shape index (κ1) is 21.5. The summed E-state index contributed by atoms with van der Waals surface area (Å²) in [5.41, 5.74) is 6.60. The van der Waals surface area contributed by atoms with Crippen LogP contribution < -0.4 is 10.0 Å². The first-order chi connectivity index (χ1) is 12.2. The van der Waals surface area contributed by atoms with Crippen molar-refractivity contribution >= 4 is 44.8 Å². The average Bonchev–Trinajstić information content (AvgIpc) is 2.82. The molecule has 2 aromatic rings. The molecule has 2 N–H and O–H groups in total. The quantitative estimate of drug-likeness (QED) is 0.791. The number of halogens is 1. The number of anilines is 1. The topological polar surface area (TPSA) is 83.7 Å². The molecule has 0 aliphatic carbocycles. The maximum absolute atomic E-state index is 12.9. The lowest BCUT2D eigenvalue weighted by atomic mass is 10.0. The first-order valence-corrected chi connectivity index (χ1v) is 10.2. The summed E-state index contributed by atoms with van der Waals surface area (Å²) >= 11 is 0. The minimum absolute atomic E-state index is 0. The molecule has 3 rings (SSSR count). The van der Waals surface area contributed by atoms with Crippen LogP contribution in [0.25, 0.3) is 10.8 Å². The minimum atomic E-state index is -3.71. The largest absolute Gasteiger partial charge is 0.344 e. The molecule has 0 fully saturated rings. The summed E-state index contributed by atoms with van der Waals surface area (Å²) in [6.45, 7) is 4.38. The van der Waals surface area contributed by atoms with Crippen molar-refractivity contribution in [3.05, 3.63) is 36.4 Å². The highest BCUT2D eigenvalue weighted by Crippen LogP contribution is 2.41. The summed E-state index contributed by atoms with van der Waals surface area (Å²) in [7, 11) is -2.02. The molecule has 27 heavy (non-hydrogen) atoms. The van der Waals surface area contributed by atoms with Crippen molar-refractivity contribution in [2.45, 2.75) is 31.2 Å². The van der Waals surface area contributed by atoms with E-state index in [9.17, 15) is 13.2 Å². The number of amides is 1. The number of rotatable bonds is 6. The second-order valence-corrected chi connectivity index (χ2v) is 8.99. The van der Waals surface area contributed by atoms with Gasteiger partial charge in [0.2, 0.25) is 5.91 Å². The van der Waals surface area contributed by atoms with Gasteiger partial charge >= 0.3 is 0 Å². The zero-order chi connectivity index (χ0) is 19.1. The number of benzene rings is 2. The predicted octanol–water partition coefficient (Wildman–Crippen LogP) is 2.60. The van der Waals surface area contributed by atoms with E-state index in [1.807, 2.05) is 32.0 Å². The number of likely N-dealkylation sites (N-methyl/N-ethyl adjacent to an activating group) is 1. The molecule has 0 saturated carbocycles. The Labute approximate surface area is 166 Å². The fourth-order valence-electron chi connectivity index (χ4n) is 3.17. The molecule has 1 aliphatic heterocycles. The highest BCUT2D eigenvalue weighted by atomic mass is 35.5. The second-order valence-electron chi connectivity index (χ2n) is 7.15. The van der Waals surface area contributed by atoms with Gasteiger partial charge in [0, 0.05) is 25.0 Å². The molecule has 1 heterocycles. The van der Waals surface area contributed by atoms with Gasteiger partial charge in [-0.25, -0.2) is 8.42 Å². The van der Waals surface area contributed by atoms with E-state index < -0.39 is 10.0 Å². The fourth-order valence-corrected chi connectivity index (χ4v) is 4.83. The van der Waals surface area contributed by atoms with Gasteiger partial charge in [0.25, 0.3) is 10.0 Å². The van der Waals surface area contributed by atoms with Gasteiger partial charge in [0.1, 0.15) is 6.54 Å². The number of hydrogen-bond donors (Lipinski definition) is 1. The summed E-state index contributed by atoms with van der Waals surface area (Å²) in [6.07, 6.45) is 0.683. The van der Waals surface area contributed by atoms with Gasteiger partial charge in [-0.3, -0.25) is 9.10 Å². The predicted molar refractivity (Wildman–Crippen MR) is 111 cm³/mol. The maximum atomic E-state index is 12.9. The summed E-state index contributed by atoms with van der Waals surface area (Å²) in [5.74, 6) is 0.0962. The summed E-state index contributed by atoms with van der Waals surface area (Å²) < 4.78 is 27.0. The van der Waals surface area contributed by atoms with Crippen LogP contribution in [0.15, 0.2) is 41.3 Å². The first-order valence-electron chi connectivity index (χ1n) is 8.77. The van der Waals surface area contributed by atoms with Gasteiger partial charge < -0.3 is 10.6 Å². The van der Waals surface area contributed by atoms with Gasteiger partial charge in [0.05, 0.1) is 10.6 Å². The van der Waals surface area contributed by atoms with Crippen LogP contribution in [0.5, 0.6) is 0 Å². The standard InChI is InChI=1S/C19H25N3O3S.ClH/c1-13(2)15(20)10-11-21(3)18(23)12-22-16-8-4-6-14-7-5-9-17(19(14)16)26(22,24)25;/h4-9,13,15H,10-12,20H2,1-3H3;1H. The van der Waals surface area contributed by atoms with Gasteiger partial charge in [-0.2, -0.15) is 0 Å². The Balaban J connectivity index is 0.00000261. The molecule has 0 spiro atoms. The molecular weight excluding hydrogens is 386 g/mol. The van der Waals surface area contributed by atoms with E-state index in [0.29, 0.717) is 30.0 Å². The van der Waals surface area contributed by atoms with Crippen molar-refractivity contribution in [1.29, 1.82) is 0 Å². The highest BCUT2D eigenvalue weighted by molar-refractivity contribution is 7.93. The number of carbonyl (C=O) groups excluding carboxylic acids is 1. The van der Waals surface area contributed by atoms with E-state index >= 15 is 0 Å². The molecule has 1 aliphatic rings. The van der Waals surface area contributed by atoms with Gasteiger partial charge in [0.15, 0.2) is 0 Å². The Morgan fingerprint density at radius 3 is 2.44 bits per heavy atom. The van der Waals surface area contributed by atoms with Gasteiger partial charge in [-0.1, -0.05) is 38.1 Å². The third kappa shape index (κ3) is 3.90. The highest BCUT2D eigenvalue weighted by Gasteiger charge is 2.37. The molecule has 1 unspecified atom stereocenters. The lowest BCUT2D eigenvalue weighted by Gasteiger charge is -2.24. The van der Waals surface area contributed by atoms with Crippen molar-refractivity contribution in [3.63, 3.8) is 0 Å². The van der Waals surface area contributed by atoms with Crippen molar-refractivity contribution in [3.8, 4) is 0 Å². The lowest BCUT2D eigenvalue weighted by molar-refractivity contribution is -0.128. The smallest absolute Gasteiger partial charge is 0.265 e. The van der Waals surface area contributed by atoms with E-state index in [1.165, 1.54) is 4.31 Å². The van der Waals surface area contributed by atoms with E-state index in [2.05, 4.69) is 0 Å². The Hall–Kier alpha value is -1.83. The molecule has 1 atom stereocenters. The lowest BCUT2D eigenvalue weighted by Crippen LogP contribution is -2.41. The zero-order valence-corrected chi connectivity index (χ0v) is 17.4. The van der Waals surface area contributed by atoms with Gasteiger partial charge in [-0.05, 0) is 29.9 Å². The maximum Gasteiger partial charge on any atom is 0.265 e. The molecule has 148 valence electrons. The van der Waals surface area contributed by atoms with Crippen molar-refractivity contribution in [2.24, 2.45) is 11.7 Å². The Kier molecular flexibility index (Phi) is 6.39. The molecule has 2 aromatic carbocycles. The van der Waals surface area contributed by atoms with Gasteiger partial charge in [-0.15, -0.1) is 12.4 Å². The summed E-state index contributed by atoms with van der Waals surface area (Å²) in [5, 5.41) is 1.54. The normalized spacial score (nSPS) is 15.7. The molecule has 0 saturated heterocycles. The Bertz CT molecular complexity index is 941. The number of sulfonamides is 1. The van der Waals surface area contributed by atoms with Crippen molar-refractivity contribution in [2.75, 3.05) is 24.4 Å². The van der Waals surface area contributed by atoms with Crippen LogP contribution >= 0.6 is 12.4 Å². The molecule has 6 nitrogen and oxygen atoms in total. The summed E-state index contributed by atoms with van der Waals surface area (Å²) in [4.78, 5) is 14.4. The van der Waals surface area contributed by atoms with E-state index in [4.69, 9.17) is 5.73 Å². The number of nitrogens with zero attached hydrogens (tertiary/aromatic N) is 2. The number of hydrogen-bond acceptors (Lipinski definition) is 4. The monoisotopic (exact) mass is 411 g/mol. The third-order valence-corrected chi connectivity index (χ3v) is 6.84. The zero-order valence-electron chi connectivity index (χ0n) is 15.8. The average molecular weight is 412 g/mol. The molecular formula is C19H26ClN3O3S. The van der Waals surface area contributed by atoms with Crippen LogP contribution in [0, 0.1) is 5.92 Å².